The summed E-state index contributed by atoms with van der Waals surface area (Å²) in [5.41, 5.74) is 5.97. The van der Waals surface area contributed by atoms with E-state index in [0.29, 0.717) is 24.0 Å². The highest BCUT2D eigenvalue weighted by Gasteiger charge is 2.12. The minimum atomic E-state index is -0.103. The lowest BCUT2D eigenvalue weighted by atomic mass is 10.0. The molecule has 108 valence electrons. The van der Waals surface area contributed by atoms with Gasteiger partial charge in [-0.25, -0.2) is 0 Å². The molecule has 0 fully saturated rings. The highest BCUT2D eigenvalue weighted by molar-refractivity contribution is 5.91. The van der Waals surface area contributed by atoms with Gasteiger partial charge in [0.15, 0.2) is 5.82 Å². The van der Waals surface area contributed by atoms with Gasteiger partial charge in [0.05, 0.1) is 6.54 Å². The zero-order valence-electron chi connectivity index (χ0n) is 12.1. The summed E-state index contributed by atoms with van der Waals surface area (Å²) >= 11 is 0. The van der Waals surface area contributed by atoms with Crippen LogP contribution in [0.2, 0.25) is 0 Å². The molecule has 0 saturated carbocycles. The van der Waals surface area contributed by atoms with Gasteiger partial charge in [-0.15, -0.1) is 0 Å². The second-order valence-electron chi connectivity index (χ2n) is 5.31. The van der Waals surface area contributed by atoms with E-state index in [1.165, 1.54) is 0 Å². The number of hydrogen-bond acceptors (Lipinski definition) is 5. The fourth-order valence-electron chi connectivity index (χ4n) is 1.63. The second kappa shape index (κ2) is 7.25. The van der Waals surface area contributed by atoms with Gasteiger partial charge < -0.3 is 15.6 Å². The predicted molar refractivity (Wildman–Crippen MR) is 74.8 cm³/mol. The molecule has 1 aromatic rings. The first-order valence-corrected chi connectivity index (χ1v) is 6.55. The number of nitrogens with two attached hydrogens (primary N) is 1. The van der Waals surface area contributed by atoms with Crippen molar-refractivity contribution in [2.45, 2.75) is 33.2 Å². The molecular formula is C13H24N4O2. The summed E-state index contributed by atoms with van der Waals surface area (Å²) in [5.74, 6) is 1.48. The molecule has 1 unspecified atom stereocenters. The molecule has 0 radical (unpaired) electrons. The number of carbonyl (C=O) groups is 1. The van der Waals surface area contributed by atoms with Crippen LogP contribution in [0.5, 0.6) is 0 Å². The van der Waals surface area contributed by atoms with E-state index in [1.807, 2.05) is 11.9 Å². The fourth-order valence-corrected chi connectivity index (χ4v) is 1.63. The molecule has 0 saturated heterocycles. The van der Waals surface area contributed by atoms with E-state index >= 15 is 0 Å². The van der Waals surface area contributed by atoms with E-state index in [0.717, 1.165) is 13.0 Å². The van der Waals surface area contributed by atoms with Crippen molar-refractivity contribution in [2.24, 2.45) is 11.7 Å². The molecule has 1 heterocycles. The SMILES string of the molecule is Cc1cc(NC(=O)CN(C)CCC(N)C(C)C)no1. The number of nitrogens with zero attached hydrogens (tertiary/aromatic N) is 2. The minimum Gasteiger partial charge on any atom is -0.360 e. The number of nitrogens with one attached hydrogen (secondary N) is 1. The molecule has 1 rings (SSSR count). The Kier molecular flexibility index (Phi) is 5.98. The Bertz CT molecular complexity index is 403. The molecule has 6 heteroatoms. The molecule has 0 aromatic carbocycles. The number of carbonyl (C=O) groups excluding carboxylic acids is 1. The van der Waals surface area contributed by atoms with Crippen LogP contribution < -0.4 is 11.1 Å². The molecule has 19 heavy (non-hydrogen) atoms. The summed E-state index contributed by atoms with van der Waals surface area (Å²) in [5, 5.41) is 6.40. The first kappa shape index (κ1) is 15.7. The Morgan fingerprint density at radius 2 is 2.26 bits per heavy atom. The molecule has 0 bridgehead atoms. The van der Waals surface area contributed by atoms with Gasteiger partial charge in [0.25, 0.3) is 0 Å². The lowest BCUT2D eigenvalue weighted by Crippen LogP contribution is -2.35. The quantitative estimate of drug-likeness (QED) is 0.777. The maximum atomic E-state index is 11.7. The third-order valence-corrected chi connectivity index (χ3v) is 3.01. The molecule has 0 aliphatic heterocycles. The van der Waals surface area contributed by atoms with Gasteiger partial charge in [-0.3, -0.25) is 9.69 Å². The average Bonchev–Trinajstić information content (AvgIpc) is 2.71. The third kappa shape index (κ3) is 5.85. The lowest BCUT2D eigenvalue weighted by molar-refractivity contribution is -0.117. The summed E-state index contributed by atoms with van der Waals surface area (Å²) in [4.78, 5) is 13.7. The topological polar surface area (TPSA) is 84.4 Å². The van der Waals surface area contributed by atoms with Crippen molar-refractivity contribution in [1.29, 1.82) is 0 Å². The number of hydrogen-bond donors (Lipinski definition) is 2. The highest BCUT2D eigenvalue weighted by Crippen LogP contribution is 2.07. The third-order valence-electron chi connectivity index (χ3n) is 3.01. The smallest absolute Gasteiger partial charge is 0.239 e. The largest absolute Gasteiger partial charge is 0.360 e. The highest BCUT2D eigenvalue weighted by atomic mass is 16.5. The Hall–Kier alpha value is -1.40. The van der Waals surface area contributed by atoms with Crippen LogP contribution in [0.3, 0.4) is 0 Å². The fraction of sp³-hybridized carbons (Fsp3) is 0.692. The summed E-state index contributed by atoms with van der Waals surface area (Å²) in [6, 6.07) is 1.86. The van der Waals surface area contributed by atoms with E-state index in [9.17, 15) is 4.79 Å². The van der Waals surface area contributed by atoms with Crippen LogP contribution in [-0.4, -0.2) is 42.1 Å². The summed E-state index contributed by atoms with van der Waals surface area (Å²) in [7, 11) is 1.90. The van der Waals surface area contributed by atoms with Crippen LogP contribution in [0.1, 0.15) is 26.0 Å². The zero-order valence-corrected chi connectivity index (χ0v) is 12.1. The van der Waals surface area contributed by atoms with Gasteiger partial charge in [0, 0.05) is 12.1 Å². The van der Waals surface area contributed by atoms with Crippen LogP contribution in [0, 0.1) is 12.8 Å². The van der Waals surface area contributed by atoms with Crippen LogP contribution in [0.25, 0.3) is 0 Å². The van der Waals surface area contributed by atoms with Crippen molar-refractivity contribution in [3.8, 4) is 0 Å². The van der Waals surface area contributed by atoms with E-state index < -0.39 is 0 Å². The minimum absolute atomic E-state index is 0.103. The molecular weight excluding hydrogens is 244 g/mol. The van der Waals surface area contributed by atoms with E-state index in [4.69, 9.17) is 10.3 Å². The van der Waals surface area contributed by atoms with Crippen molar-refractivity contribution in [3.63, 3.8) is 0 Å². The van der Waals surface area contributed by atoms with Gasteiger partial charge in [-0.2, -0.15) is 0 Å². The van der Waals surface area contributed by atoms with E-state index in [2.05, 4.69) is 24.3 Å². The molecule has 1 amide bonds. The number of likely N-dealkylation sites (N-methyl/N-ethyl adjacent to an activating group) is 1. The number of amides is 1. The summed E-state index contributed by atoms with van der Waals surface area (Å²) in [6.07, 6.45) is 0.879. The molecule has 6 nitrogen and oxygen atoms in total. The van der Waals surface area contributed by atoms with Crippen molar-refractivity contribution in [2.75, 3.05) is 25.5 Å². The normalized spacial score (nSPS) is 13.0. The first-order valence-electron chi connectivity index (χ1n) is 6.55. The Morgan fingerprint density at radius 3 is 2.79 bits per heavy atom. The average molecular weight is 268 g/mol. The van der Waals surface area contributed by atoms with Crippen molar-refractivity contribution in [3.05, 3.63) is 11.8 Å². The molecule has 0 spiro atoms. The molecule has 1 atom stereocenters. The van der Waals surface area contributed by atoms with Gasteiger partial charge in [-0.05, 0) is 32.9 Å². The molecule has 3 N–H and O–H groups in total. The number of anilines is 1. The van der Waals surface area contributed by atoms with Gasteiger partial charge in [-0.1, -0.05) is 19.0 Å². The van der Waals surface area contributed by atoms with Gasteiger partial charge >= 0.3 is 0 Å². The van der Waals surface area contributed by atoms with Gasteiger partial charge in [0.2, 0.25) is 5.91 Å². The summed E-state index contributed by atoms with van der Waals surface area (Å²) < 4.78 is 4.88. The number of aryl methyl sites for hydroxylation is 1. The monoisotopic (exact) mass is 268 g/mol. The van der Waals surface area contributed by atoms with E-state index in [-0.39, 0.29) is 11.9 Å². The zero-order chi connectivity index (χ0) is 14.4. The van der Waals surface area contributed by atoms with Crippen LogP contribution in [-0.2, 0) is 4.79 Å². The lowest BCUT2D eigenvalue weighted by Gasteiger charge is -2.20. The van der Waals surface area contributed by atoms with Crippen molar-refractivity contribution in [1.82, 2.24) is 10.1 Å². The Balaban J connectivity index is 2.28. The van der Waals surface area contributed by atoms with Crippen LogP contribution in [0.15, 0.2) is 10.6 Å². The molecule has 0 aliphatic carbocycles. The second-order valence-corrected chi connectivity index (χ2v) is 5.31. The van der Waals surface area contributed by atoms with E-state index in [1.54, 1.807) is 13.0 Å². The van der Waals surface area contributed by atoms with Crippen molar-refractivity contribution >= 4 is 11.7 Å². The molecule has 0 aliphatic rings. The standard InChI is InChI=1S/C13H24N4O2/c1-9(2)11(14)5-6-17(4)8-13(18)15-12-7-10(3)19-16-12/h7,9,11H,5-6,8,14H2,1-4H3,(H,15,16,18). The Labute approximate surface area is 114 Å². The summed E-state index contributed by atoms with van der Waals surface area (Å²) in [6.45, 7) is 7.10. The van der Waals surface area contributed by atoms with Gasteiger partial charge in [0.1, 0.15) is 5.76 Å². The maximum absolute atomic E-state index is 11.7. The number of aromatic nitrogens is 1. The predicted octanol–water partition coefficient (Wildman–Crippen LogP) is 1.23. The Morgan fingerprint density at radius 1 is 1.58 bits per heavy atom. The van der Waals surface area contributed by atoms with Crippen LogP contribution in [0.4, 0.5) is 5.82 Å². The van der Waals surface area contributed by atoms with Crippen molar-refractivity contribution < 1.29 is 9.32 Å². The number of rotatable bonds is 7. The molecule has 1 aromatic heterocycles. The first-order chi connectivity index (χ1) is 8.88. The maximum Gasteiger partial charge on any atom is 0.239 e. The van der Waals surface area contributed by atoms with Crippen LogP contribution >= 0.6 is 0 Å².